The smallest absolute Gasteiger partial charge is 0.337 e. The molecular weight excluding hydrogens is 300 g/mol. The van der Waals surface area contributed by atoms with Crippen LogP contribution in [-0.2, 0) is 0 Å². The van der Waals surface area contributed by atoms with Crippen LogP contribution in [0.25, 0.3) is 0 Å². The Balaban J connectivity index is 2.31. The lowest BCUT2D eigenvalue weighted by Crippen LogP contribution is -2.15. The number of anilines is 1. The number of amides is 1. The fourth-order valence-electron chi connectivity index (χ4n) is 1.47. The van der Waals surface area contributed by atoms with Gasteiger partial charge in [0.25, 0.3) is 5.91 Å². The maximum Gasteiger partial charge on any atom is 0.337 e. The molecule has 0 aliphatic heterocycles. The van der Waals surface area contributed by atoms with E-state index in [0.717, 1.165) is 0 Å². The Bertz CT molecular complexity index is 593. The van der Waals surface area contributed by atoms with Crippen LogP contribution in [0.1, 0.15) is 20.8 Å². The van der Waals surface area contributed by atoms with Crippen molar-refractivity contribution in [1.82, 2.24) is 4.98 Å². The molecule has 3 N–H and O–H groups in total. The predicted octanol–water partition coefficient (Wildman–Crippen LogP) is 2.73. The van der Waals surface area contributed by atoms with Crippen molar-refractivity contribution in [3.63, 3.8) is 0 Å². The van der Waals surface area contributed by atoms with Gasteiger partial charge in [0.15, 0.2) is 0 Å². The predicted molar refractivity (Wildman–Crippen MR) is 69.8 cm³/mol. The van der Waals surface area contributed by atoms with Crippen LogP contribution in [0.3, 0.4) is 0 Å². The second-order valence-corrected chi connectivity index (χ2v) is 4.45. The van der Waals surface area contributed by atoms with E-state index < -0.39 is 5.97 Å². The molecule has 1 amide bonds. The van der Waals surface area contributed by atoms with Gasteiger partial charge in [0, 0.05) is 10.7 Å². The van der Waals surface area contributed by atoms with Crippen molar-refractivity contribution < 1.29 is 14.7 Å². The second kappa shape index (κ2) is 5.05. The van der Waals surface area contributed by atoms with Gasteiger partial charge in [-0.1, -0.05) is 15.9 Å². The quantitative estimate of drug-likeness (QED) is 0.815. The molecular formula is C12H9BrN2O3. The summed E-state index contributed by atoms with van der Waals surface area (Å²) in [5, 5.41) is 11.6. The number of carboxylic acid groups (broad SMARTS) is 1. The molecule has 0 radical (unpaired) electrons. The van der Waals surface area contributed by atoms with Gasteiger partial charge in [-0.3, -0.25) is 4.79 Å². The van der Waals surface area contributed by atoms with Gasteiger partial charge in [0.05, 0.1) is 11.3 Å². The van der Waals surface area contributed by atoms with E-state index in [2.05, 4.69) is 26.2 Å². The number of carboxylic acids is 1. The van der Waals surface area contributed by atoms with Crippen molar-refractivity contribution in [2.45, 2.75) is 0 Å². The highest BCUT2D eigenvalue weighted by Crippen LogP contribution is 2.22. The Morgan fingerprint density at radius 1 is 1.28 bits per heavy atom. The number of hydrogen-bond acceptors (Lipinski definition) is 2. The van der Waals surface area contributed by atoms with Crippen molar-refractivity contribution >= 4 is 33.5 Å². The van der Waals surface area contributed by atoms with E-state index in [-0.39, 0.29) is 17.2 Å². The van der Waals surface area contributed by atoms with Crippen LogP contribution in [0.15, 0.2) is 41.0 Å². The third kappa shape index (κ3) is 2.60. The van der Waals surface area contributed by atoms with Gasteiger partial charge in [0.1, 0.15) is 5.69 Å². The lowest BCUT2D eigenvalue weighted by molar-refractivity contribution is 0.0698. The van der Waals surface area contributed by atoms with Crippen molar-refractivity contribution in [1.29, 1.82) is 0 Å². The number of carbonyl (C=O) groups excluding carboxylic acids is 1. The van der Waals surface area contributed by atoms with Gasteiger partial charge < -0.3 is 15.4 Å². The molecule has 1 aromatic carbocycles. The number of rotatable bonds is 3. The van der Waals surface area contributed by atoms with E-state index in [1.54, 1.807) is 30.5 Å². The van der Waals surface area contributed by atoms with Gasteiger partial charge in [-0.05, 0) is 30.3 Å². The molecule has 1 heterocycles. The number of carbonyl (C=O) groups is 2. The molecule has 0 fully saturated rings. The number of H-pyrrole nitrogens is 1. The lowest BCUT2D eigenvalue weighted by Gasteiger charge is -2.08. The average molecular weight is 309 g/mol. The van der Waals surface area contributed by atoms with E-state index in [1.807, 2.05) is 0 Å². The largest absolute Gasteiger partial charge is 0.478 e. The molecule has 5 nitrogen and oxygen atoms in total. The first-order chi connectivity index (χ1) is 8.58. The molecule has 92 valence electrons. The third-order valence-corrected chi connectivity index (χ3v) is 2.80. The maximum atomic E-state index is 11.8. The summed E-state index contributed by atoms with van der Waals surface area (Å²) in [6, 6.07) is 7.87. The zero-order chi connectivity index (χ0) is 13.1. The molecule has 0 spiro atoms. The van der Waals surface area contributed by atoms with Crippen LogP contribution in [0.4, 0.5) is 5.69 Å². The summed E-state index contributed by atoms with van der Waals surface area (Å²) in [5.74, 6) is -1.48. The minimum atomic E-state index is -1.09. The van der Waals surface area contributed by atoms with E-state index >= 15 is 0 Å². The highest BCUT2D eigenvalue weighted by Gasteiger charge is 2.14. The van der Waals surface area contributed by atoms with Gasteiger partial charge in [-0.2, -0.15) is 0 Å². The summed E-state index contributed by atoms with van der Waals surface area (Å²) in [6.07, 6.45) is 1.62. The van der Waals surface area contributed by atoms with E-state index in [4.69, 9.17) is 5.11 Å². The fraction of sp³-hybridized carbons (Fsp3) is 0. The average Bonchev–Trinajstić information content (AvgIpc) is 2.81. The zero-order valence-corrected chi connectivity index (χ0v) is 10.7. The zero-order valence-electron chi connectivity index (χ0n) is 9.11. The van der Waals surface area contributed by atoms with Crippen LogP contribution in [0.2, 0.25) is 0 Å². The Morgan fingerprint density at radius 3 is 2.67 bits per heavy atom. The van der Waals surface area contributed by atoms with Crippen LogP contribution < -0.4 is 5.32 Å². The van der Waals surface area contributed by atoms with Crippen molar-refractivity contribution in [3.8, 4) is 0 Å². The van der Waals surface area contributed by atoms with Crippen molar-refractivity contribution in [3.05, 3.63) is 52.3 Å². The van der Waals surface area contributed by atoms with E-state index in [9.17, 15) is 9.59 Å². The summed E-state index contributed by atoms with van der Waals surface area (Å²) in [5.41, 5.74) is 0.654. The molecule has 0 saturated heterocycles. The van der Waals surface area contributed by atoms with Gasteiger partial charge in [-0.25, -0.2) is 4.79 Å². The number of hydrogen-bond donors (Lipinski definition) is 3. The Hall–Kier alpha value is -2.08. The summed E-state index contributed by atoms with van der Waals surface area (Å²) in [7, 11) is 0. The molecule has 1 aromatic heterocycles. The number of aromatic amines is 1. The van der Waals surface area contributed by atoms with Crippen molar-refractivity contribution in [2.75, 3.05) is 5.32 Å². The highest BCUT2D eigenvalue weighted by molar-refractivity contribution is 9.10. The summed E-state index contributed by atoms with van der Waals surface area (Å²) in [6.45, 7) is 0. The first-order valence-electron chi connectivity index (χ1n) is 5.05. The van der Waals surface area contributed by atoms with Crippen LogP contribution >= 0.6 is 15.9 Å². The van der Waals surface area contributed by atoms with Crippen LogP contribution in [0, 0.1) is 0 Å². The molecule has 0 atom stereocenters. The minimum Gasteiger partial charge on any atom is -0.478 e. The SMILES string of the molecule is O=C(Nc1cc(Br)ccc1C(=O)O)c1ccc[nH]1. The van der Waals surface area contributed by atoms with E-state index in [0.29, 0.717) is 10.2 Å². The molecule has 0 unspecified atom stereocenters. The lowest BCUT2D eigenvalue weighted by atomic mass is 10.2. The molecule has 0 aliphatic carbocycles. The molecule has 0 aliphatic rings. The third-order valence-electron chi connectivity index (χ3n) is 2.30. The Labute approximate surface area is 111 Å². The molecule has 2 aromatic rings. The number of benzene rings is 1. The number of halogens is 1. The van der Waals surface area contributed by atoms with Crippen molar-refractivity contribution in [2.24, 2.45) is 0 Å². The normalized spacial score (nSPS) is 10.1. The molecule has 0 saturated carbocycles. The number of aromatic nitrogens is 1. The number of aromatic carboxylic acids is 1. The first-order valence-corrected chi connectivity index (χ1v) is 5.85. The van der Waals surface area contributed by atoms with Crippen LogP contribution in [0.5, 0.6) is 0 Å². The Morgan fingerprint density at radius 2 is 2.06 bits per heavy atom. The van der Waals surface area contributed by atoms with Gasteiger partial charge in [0.2, 0.25) is 0 Å². The second-order valence-electron chi connectivity index (χ2n) is 3.53. The maximum absolute atomic E-state index is 11.8. The summed E-state index contributed by atoms with van der Waals surface area (Å²) < 4.78 is 0.689. The monoisotopic (exact) mass is 308 g/mol. The fourth-order valence-corrected chi connectivity index (χ4v) is 1.83. The number of nitrogens with one attached hydrogen (secondary N) is 2. The van der Waals surface area contributed by atoms with E-state index in [1.165, 1.54) is 6.07 Å². The first kappa shape index (κ1) is 12.4. The molecule has 0 bridgehead atoms. The van der Waals surface area contributed by atoms with Crippen LogP contribution in [-0.4, -0.2) is 22.0 Å². The summed E-state index contributed by atoms with van der Waals surface area (Å²) in [4.78, 5) is 25.6. The van der Waals surface area contributed by atoms with Gasteiger partial charge in [-0.15, -0.1) is 0 Å². The topological polar surface area (TPSA) is 82.2 Å². The molecule has 2 rings (SSSR count). The highest BCUT2D eigenvalue weighted by atomic mass is 79.9. The Kier molecular flexibility index (Phi) is 3.47. The minimum absolute atomic E-state index is 0.0399. The molecule has 6 heteroatoms. The van der Waals surface area contributed by atoms with Gasteiger partial charge >= 0.3 is 5.97 Å². The standard InChI is InChI=1S/C12H9BrN2O3/c13-7-3-4-8(12(17)18)10(6-7)15-11(16)9-2-1-5-14-9/h1-6,14H,(H,15,16)(H,17,18). The summed E-state index contributed by atoms with van der Waals surface area (Å²) >= 11 is 3.23. The molecule has 18 heavy (non-hydrogen) atoms.